The molecule has 0 bridgehead atoms. The first-order chi connectivity index (χ1) is 22.7. The van der Waals surface area contributed by atoms with Gasteiger partial charge in [0.25, 0.3) is 0 Å². The van der Waals surface area contributed by atoms with Gasteiger partial charge in [0, 0.05) is 22.7 Å². The number of likely N-dealkylation sites (tertiary alicyclic amines) is 1. The van der Waals surface area contributed by atoms with Gasteiger partial charge in [0.05, 0.1) is 18.0 Å². The first-order valence-electron chi connectivity index (χ1n) is 15.7. The average Bonchev–Trinajstić information content (AvgIpc) is 3.50. The number of H-pyrrole nitrogens is 1. The molecule has 1 unspecified atom stereocenters. The summed E-state index contributed by atoms with van der Waals surface area (Å²) in [6, 6.07) is 18.7. The molecule has 0 spiro atoms. The molecule has 0 radical (unpaired) electrons. The third-order valence-corrected chi connectivity index (χ3v) is 9.85. The zero-order valence-corrected chi connectivity index (χ0v) is 25.5. The highest BCUT2D eigenvalue weighted by Crippen LogP contribution is 2.48. The van der Waals surface area contributed by atoms with Crippen LogP contribution >= 0.6 is 0 Å². The second-order valence-corrected chi connectivity index (χ2v) is 12.6. The molecule has 3 aliphatic rings. The van der Waals surface area contributed by atoms with Crippen LogP contribution in [0.15, 0.2) is 60.7 Å². The van der Waals surface area contributed by atoms with Gasteiger partial charge in [-0.2, -0.15) is 10.4 Å². The molecule has 11 nitrogen and oxygen atoms in total. The lowest BCUT2D eigenvalue weighted by atomic mass is 9.69. The molecule has 4 aromatic rings. The van der Waals surface area contributed by atoms with Gasteiger partial charge in [0.2, 0.25) is 17.7 Å². The molecule has 238 valence electrons. The molecule has 2 fully saturated rings. The zero-order valence-electron chi connectivity index (χ0n) is 25.5. The zero-order chi connectivity index (χ0) is 32.9. The van der Waals surface area contributed by atoms with E-state index in [9.17, 15) is 24.0 Å². The molecule has 1 aromatic heterocycles. The van der Waals surface area contributed by atoms with Crippen LogP contribution in [0.1, 0.15) is 68.1 Å². The van der Waals surface area contributed by atoms with E-state index >= 15 is 0 Å². The van der Waals surface area contributed by atoms with Crippen molar-refractivity contribution < 1.29 is 18.8 Å². The van der Waals surface area contributed by atoms with Crippen molar-refractivity contribution in [1.82, 2.24) is 25.4 Å². The van der Waals surface area contributed by atoms with E-state index in [2.05, 4.69) is 21.6 Å². The van der Waals surface area contributed by atoms with Crippen molar-refractivity contribution in [2.75, 3.05) is 13.1 Å². The highest BCUT2D eigenvalue weighted by atomic mass is 19.1. The number of fused-ring (bicyclic) bond motifs is 3. The Balaban J connectivity index is 1.32. The smallest absolute Gasteiger partial charge is 0.248 e. The van der Waals surface area contributed by atoms with E-state index in [0.29, 0.717) is 60.1 Å². The van der Waals surface area contributed by atoms with Crippen molar-refractivity contribution in [2.24, 2.45) is 17.4 Å². The molecule has 3 aromatic carbocycles. The van der Waals surface area contributed by atoms with Gasteiger partial charge in [-0.05, 0) is 115 Å². The predicted octanol–water partition coefficient (Wildman–Crippen LogP) is 2.73. The standard InChI is InChI=1S/C35H33FN8O3/c36-25-7-3-19(4-8-25)33-41-34(43-42-33)35(11-12-40-18-30(45)44-26(17-37)15-24-16-29(24)44)27-9-5-22(31(38)46)13-20(27)1-2-21-14-23(32(39)47)6-10-28(21)35/h3-10,13-14,24,26,29,40H,1-2,11-12,15-16,18H2,(H2,38,46)(H2,39,47)(H,41,42,43)/t24-,26?,29+/m1/s1. The summed E-state index contributed by atoms with van der Waals surface area (Å²) >= 11 is 0. The summed E-state index contributed by atoms with van der Waals surface area (Å²) in [6.45, 7) is 0.432. The quantitative estimate of drug-likeness (QED) is 0.205. The van der Waals surface area contributed by atoms with Crippen molar-refractivity contribution in [3.8, 4) is 17.5 Å². The predicted molar refractivity (Wildman–Crippen MR) is 169 cm³/mol. The Kier molecular flexibility index (Phi) is 7.56. The number of carbonyl (C=O) groups excluding carboxylic acids is 3. The van der Waals surface area contributed by atoms with E-state index in [4.69, 9.17) is 16.5 Å². The third-order valence-electron chi connectivity index (χ3n) is 9.85. The van der Waals surface area contributed by atoms with E-state index in [-0.39, 0.29) is 24.3 Å². The van der Waals surface area contributed by atoms with Crippen LogP contribution in [0, 0.1) is 23.1 Å². The molecule has 12 heteroatoms. The van der Waals surface area contributed by atoms with Crippen LogP contribution in [0.4, 0.5) is 4.39 Å². The number of nitrogens with two attached hydrogens (primary N) is 2. The first-order valence-corrected chi connectivity index (χ1v) is 15.7. The van der Waals surface area contributed by atoms with Gasteiger partial charge in [-0.3, -0.25) is 19.5 Å². The normalized spacial score (nSPS) is 20.3. The number of nitriles is 1. The number of nitrogens with one attached hydrogen (secondary N) is 2. The van der Waals surface area contributed by atoms with E-state index < -0.39 is 23.3 Å². The topological polar surface area (TPSA) is 184 Å². The monoisotopic (exact) mass is 632 g/mol. The summed E-state index contributed by atoms with van der Waals surface area (Å²) in [6.07, 6.45) is 3.17. The second kappa shape index (κ2) is 11.7. The summed E-state index contributed by atoms with van der Waals surface area (Å²) in [5.41, 5.74) is 15.2. The van der Waals surface area contributed by atoms with Crippen LogP contribution in [0.3, 0.4) is 0 Å². The van der Waals surface area contributed by atoms with E-state index in [0.717, 1.165) is 35.1 Å². The maximum Gasteiger partial charge on any atom is 0.248 e. The van der Waals surface area contributed by atoms with Crippen molar-refractivity contribution in [2.45, 2.75) is 49.6 Å². The molecule has 3 amide bonds. The van der Waals surface area contributed by atoms with Crippen LogP contribution in [0.2, 0.25) is 0 Å². The number of aryl methyl sites for hydroxylation is 2. The van der Waals surface area contributed by atoms with Gasteiger partial charge >= 0.3 is 0 Å². The maximum atomic E-state index is 13.7. The van der Waals surface area contributed by atoms with Gasteiger partial charge in [0.15, 0.2) is 5.82 Å². The molecule has 6 N–H and O–H groups in total. The number of hydrogen-bond donors (Lipinski definition) is 4. The number of primary amides is 2. The Bertz CT molecular complexity index is 1880. The molecule has 1 saturated carbocycles. The molecule has 1 saturated heterocycles. The van der Waals surface area contributed by atoms with Crippen LogP contribution < -0.4 is 16.8 Å². The Hall–Kier alpha value is -5.41. The molecule has 1 aliphatic heterocycles. The van der Waals surface area contributed by atoms with E-state index in [1.54, 1.807) is 41.3 Å². The molecule has 2 heterocycles. The lowest BCUT2D eigenvalue weighted by Crippen LogP contribution is -2.44. The number of benzene rings is 3. The Labute approximate surface area is 270 Å². The second-order valence-electron chi connectivity index (χ2n) is 12.6. The fraction of sp³-hybridized carbons (Fsp3) is 0.314. The fourth-order valence-corrected chi connectivity index (χ4v) is 7.47. The minimum atomic E-state index is -0.987. The maximum absolute atomic E-state index is 13.7. The minimum absolute atomic E-state index is 0.0651. The van der Waals surface area contributed by atoms with Gasteiger partial charge in [-0.1, -0.05) is 12.1 Å². The lowest BCUT2D eigenvalue weighted by Gasteiger charge is -2.35. The SMILES string of the molecule is N#CC1C[C@@H]2C[C@@H]2N1C(=O)CNCCC1(c2nc(-c3ccc(F)cc3)n[nH]2)c2ccc(C(N)=O)cc2CCc2cc(C(N)=O)ccc21. The summed E-state index contributed by atoms with van der Waals surface area (Å²) < 4.78 is 13.7. The van der Waals surface area contributed by atoms with Crippen molar-refractivity contribution in [3.05, 3.63) is 106 Å². The average molecular weight is 633 g/mol. The van der Waals surface area contributed by atoms with Crippen LogP contribution in [0.25, 0.3) is 11.4 Å². The number of aromatic amines is 1. The number of halogens is 1. The Morgan fingerprint density at radius 3 is 2.21 bits per heavy atom. The number of nitrogens with zero attached hydrogens (tertiary/aromatic N) is 4. The molecular formula is C35H33FN8O3. The summed E-state index contributed by atoms with van der Waals surface area (Å²) in [5, 5.41) is 20.6. The molecule has 47 heavy (non-hydrogen) atoms. The molecular weight excluding hydrogens is 599 g/mol. The lowest BCUT2D eigenvalue weighted by molar-refractivity contribution is -0.131. The van der Waals surface area contributed by atoms with Crippen LogP contribution in [-0.4, -0.2) is 63.0 Å². The van der Waals surface area contributed by atoms with Crippen molar-refractivity contribution in [3.63, 3.8) is 0 Å². The van der Waals surface area contributed by atoms with E-state index in [1.165, 1.54) is 12.1 Å². The third kappa shape index (κ3) is 5.32. The summed E-state index contributed by atoms with van der Waals surface area (Å²) in [5.74, 6) is -0.298. The van der Waals surface area contributed by atoms with Crippen LogP contribution in [0.5, 0.6) is 0 Å². The van der Waals surface area contributed by atoms with Gasteiger partial charge in [-0.15, -0.1) is 0 Å². The summed E-state index contributed by atoms with van der Waals surface area (Å²) in [4.78, 5) is 44.4. The number of rotatable bonds is 9. The largest absolute Gasteiger partial charge is 0.366 e. The van der Waals surface area contributed by atoms with Gasteiger partial charge in [0.1, 0.15) is 17.7 Å². The molecule has 2 aliphatic carbocycles. The number of aromatic nitrogens is 3. The van der Waals surface area contributed by atoms with Gasteiger partial charge in [-0.25, -0.2) is 9.37 Å². The molecule has 7 rings (SSSR count). The minimum Gasteiger partial charge on any atom is -0.366 e. The summed E-state index contributed by atoms with van der Waals surface area (Å²) in [7, 11) is 0. The number of piperidine rings is 1. The molecule has 3 atom stereocenters. The Morgan fingerprint density at radius 2 is 1.62 bits per heavy atom. The van der Waals surface area contributed by atoms with Crippen molar-refractivity contribution in [1.29, 1.82) is 5.26 Å². The fourth-order valence-electron chi connectivity index (χ4n) is 7.47. The highest BCUT2D eigenvalue weighted by Gasteiger charge is 2.54. The Morgan fingerprint density at radius 1 is 0.979 bits per heavy atom. The number of hydrogen-bond acceptors (Lipinski definition) is 7. The van der Waals surface area contributed by atoms with Crippen molar-refractivity contribution >= 4 is 17.7 Å². The van der Waals surface area contributed by atoms with Gasteiger partial charge < -0.3 is 21.7 Å². The number of carbonyl (C=O) groups is 3. The highest BCUT2D eigenvalue weighted by molar-refractivity contribution is 5.94. The first kappa shape index (κ1) is 30.3. The van der Waals surface area contributed by atoms with Crippen LogP contribution in [-0.2, 0) is 23.1 Å². The van der Waals surface area contributed by atoms with E-state index in [1.807, 2.05) is 12.1 Å². The number of amides is 3.